The summed E-state index contributed by atoms with van der Waals surface area (Å²) in [5.74, 6) is 6.36. The summed E-state index contributed by atoms with van der Waals surface area (Å²) in [6.45, 7) is 4.17. The third-order valence-corrected chi connectivity index (χ3v) is 2.71. The molecule has 0 spiro atoms. The van der Waals surface area contributed by atoms with Crippen LogP contribution < -0.4 is 11.3 Å². The highest BCUT2D eigenvalue weighted by Crippen LogP contribution is 2.25. The molecule has 1 aromatic rings. The van der Waals surface area contributed by atoms with Crippen molar-refractivity contribution >= 4 is 5.84 Å². The Labute approximate surface area is 90.4 Å². The van der Waals surface area contributed by atoms with Gasteiger partial charge in [-0.05, 0) is 37.8 Å². The Morgan fingerprint density at radius 1 is 1.33 bits per heavy atom. The van der Waals surface area contributed by atoms with Crippen molar-refractivity contribution in [3.8, 4) is 0 Å². The number of amidine groups is 1. The Kier molecular flexibility index (Phi) is 2.73. The normalized spacial score (nSPS) is 16.6. The summed E-state index contributed by atoms with van der Waals surface area (Å²) in [5, 5.41) is 0. The van der Waals surface area contributed by atoms with Gasteiger partial charge in [0.1, 0.15) is 5.84 Å². The molecular formula is C12H17N3. The molecule has 1 fully saturated rings. The molecule has 0 saturated heterocycles. The minimum absolute atomic E-state index is 0.482. The lowest BCUT2D eigenvalue weighted by Gasteiger charge is -2.11. The molecule has 0 radical (unpaired) electrons. The van der Waals surface area contributed by atoms with Gasteiger partial charge in [0.15, 0.2) is 0 Å². The van der Waals surface area contributed by atoms with E-state index in [4.69, 9.17) is 5.84 Å². The molecule has 3 N–H and O–H groups in total. The molecule has 15 heavy (non-hydrogen) atoms. The molecule has 0 aromatic heterocycles. The van der Waals surface area contributed by atoms with Crippen LogP contribution in [0.25, 0.3) is 0 Å². The Morgan fingerprint density at radius 3 is 2.40 bits per heavy atom. The van der Waals surface area contributed by atoms with Crippen LogP contribution in [0.1, 0.15) is 29.5 Å². The van der Waals surface area contributed by atoms with Gasteiger partial charge in [-0.1, -0.05) is 18.2 Å². The standard InChI is InChI=1S/C12H17N3/c1-8-4-3-5-9(2)11(8)12(15-13)14-10-6-7-10/h3-5,10H,6-7,13H2,1-2H3,(H,14,15). The maximum Gasteiger partial charge on any atom is 0.143 e. The van der Waals surface area contributed by atoms with E-state index < -0.39 is 0 Å². The second-order valence-electron chi connectivity index (χ2n) is 4.12. The van der Waals surface area contributed by atoms with E-state index >= 15 is 0 Å². The van der Waals surface area contributed by atoms with E-state index in [0.717, 1.165) is 11.4 Å². The lowest BCUT2D eigenvalue weighted by Crippen LogP contribution is -2.32. The van der Waals surface area contributed by atoms with Crippen molar-refractivity contribution in [2.45, 2.75) is 32.7 Å². The second kappa shape index (κ2) is 4.03. The topological polar surface area (TPSA) is 50.4 Å². The molecule has 0 aliphatic heterocycles. The average Bonchev–Trinajstić information content (AvgIpc) is 2.99. The summed E-state index contributed by atoms with van der Waals surface area (Å²) >= 11 is 0. The molecule has 1 saturated carbocycles. The molecule has 0 atom stereocenters. The van der Waals surface area contributed by atoms with E-state index in [0.29, 0.717) is 6.04 Å². The van der Waals surface area contributed by atoms with Gasteiger partial charge in [0, 0.05) is 5.56 Å². The highest BCUT2D eigenvalue weighted by Gasteiger charge is 2.22. The van der Waals surface area contributed by atoms with Gasteiger partial charge >= 0.3 is 0 Å². The van der Waals surface area contributed by atoms with E-state index in [2.05, 4.69) is 42.5 Å². The molecule has 0 bridgehead atoms. The first-order valence-corrected chi connectivity index (χ1v) is 5.33. The van der Waals surface area contributed by atoms with Crippen LogP contribution in [0.15, 0.2) is 23.2 Å². The van der Waals surface area contributed by atoms with E-state index in [-0.39, 0.29) is 0 Å². The number of hydrogen-bond donors (Lipinski definition) is 2. The van der Waals surface area contributed by atoms with Gasteiger partial charge in [-0.25, -0.2) is 5.84 Å². The fourth-order valence-electron chi connectivity index (χ4n) is 1.75. The SMILES string of the molecule is Cc1cccc(C)c1C(=NC1CC1)NN. The van der Waals surface area contributed by atoms with Gasteiger partial charge in [0.2, 0.25) is 0 Å². The van der Waals surface area contributed by atoms with Crippen LogP contribution in [0.2, 0.25) is 0 Å². The van der Waals surface area contributed by atoms with Gasteiger partial charge < -0.3 is 5.43 Å². The van der Waals surface area contributed by atoms with E-state index in [1.807, 2.05) is 0 Å². The van der Waals surface area contributed by atoms with Gasteiger partial charge in [-0.15, -0.1) is 0 Å². The first-order chi connectivity index (χ1) is 7.22. The lowest BCUT2D eigenvalue weighted by molar-refractivity contribution is 0.967. The Morgan fingerprint density at radius 2 is 1.93 bits per heavy atom. The Balaban J connectivity index is 2.41. The van der Waals surface area contributed by atoms with Crippen molar-refractivity contribution in [2.24, 2.45) is 10.8 Å². The van der Waals surface area contributed by atoms with Crippen LogP contribution in [0.3, 0.4) is 0 Å². The summed E-state index contributed by atoms with van der Waals surface area (Å²) in [7, 11) is 0. The molecule has 1 aliphatic carbocycles. The van der Waals surface area contributed by atoms with Crippen LogP contribution in [0.4, 0.5) is 0 Å². The molecular weight excluding hydrogens is 186 g/mol. The number of aliphatic imine (C=N–C) groups is 1. The lowest BCUT2D eigenvalue weighted by atomic mass is 10.0. The molecule has 80 valence electrons. The first-order valence-electron chi connectivity index (χ1n) is 5.33. The molecule has 3 heteroatoms. The third kappa shape index (κ3) is 2.18. The zero-order chi connectivity index (χ0) is 10.8. The molecule has 1 aliphatic rings. The largest absolute Gasteiger partial charge is 0.308 e. The predicted molar refractivity (Wildman–Crippen MR) is 62.8 cm³/mol. The van der Waals surface area contributed by atoms with Crippen molar-refractivity contribution < 1.29 is 0 Å². The van der Waals surface area contributed by atoms with Crippen molar-refractivity contribution in [1.29, 1.82) is 0 Å². The molecule has 3 nitrogen and oxygen atoms in total. The number of benzene rings is 1. The fraction of sp³-hybridized carbons (Fsp3) is 0.417. The van der Waals surface area contributed by atoms with E-state index in [9.17, 15) is 0 Å². The number of nitrogens with two attached hydrogens (primary N) is 1. The monoisotopic (exact) mass is 203 g/mol. The van der Waals surface area contributed by atoms with E-state index in [1.165, 1.54) is 24.0 Å². The molecule has 0 amide bonds. The number of nitrogens with one attached hydrogen (secondary N) is 1. The van der Waals surface area contributed by atoms with Gasteiger partial charge in [0.25, 0.3) is 0 Å². The van der Waals surface area contributed by atoms with Crippen LogP contribution in [-0.4, -0.2) is 11.9 Å². The van der Waals surface area contributed by atoms with Gasteiger partial charge in [0.05, 0.1) is 6.04 Å². The number of hydrogen-bond acceptors (Lipinski definition) is 2. The van der Waals surface area contributed by atoms with Crippen molar-refractivity contribution in [3.05, 3.63) is 34.9 Å². The predicted octanol–water partition coefficient (Wildman–Crippen LogP) is 1.68. The summed E-state index contributed by atoms with van der Waals surface area (Å²) in [6, 6.07) is 6.71. The Hall–Kier alpha value is -1.35. The maximum absolute atomic E-state index is 5.54. The number of aryl methyl sites for hydroxylation is 2. The smallest absolute Gasteiger partial charge is 0.143 e. The Bertz CT molecular complexity index is 372. The second-order valence-corrected chi connectivity index (χ2v) is 4.12. The zero-order valence-corrected chi connectivity index (χ0v) is 9.25. The van der Waals surface area contributed by atoms with Crippen molar-refractivity contribution in [1.82, 2.24) is 5.43 Å². The molecule has 1 aromatic carbocycles. The molecule has 0 unspecified atom stereocenters. The van der Waals surface area contributed by atoms with Crippen LogP contribution in [-0.2, 0) is 0 Å². The minimum atomic E-state index is 0.482. The van der Waals surface area contributed by atoms with Crippen molar-refractivity contribution in [3.63, 3.8) is 0 Å². The van der Waals surface area contributed by atoms with Gasteiger partial charge in [-0.2, -0.15) is 0 Å². The first kappa shape index (κ1) is 10.2. The highest BCUT2D eigenvalue weighted by molar-refractivity contribution is 6.01. The van der Waals surface area contributed by atoms with Crippen LogP contribution in [0, 0.1) is 13.8 Å². The fourth-order valence-corrected chi connectivity index (χ4v) is 1.75. The summed E-state index contributed by atoms with van der Waals surface area (Å²) in [4.78, 5) is 4.58. The van der Waals surface area contributed by atoms with Gasteiger partial charge in [-0.3, -0.25) is 4.99 Å². The minimum Gasteiger partial charge on any atom is -0.308 e. The number of hydrazine groups is 1. The summed E-state index contributed by atoms with van der Waals surface area (Å²) in [5.41, 5.74) is 6.30. The van der Waals surface area contributed by atoms with E-state index in [1.54, 1.807) is 0 Å². The zero-order valence-electron chi connectivity index (χ0n) is 9.25. The maximum atomic E-state index is 5.54. The quantitative estimate of drug-likeness (QED) is 0.332. The van der Waals surface area contributed by atoms with Crippen LogP contribution in [0.5, 0.6) is 0 Å². The summed E-state index contributed by atoms with van der Waals surface area (Å²) in [6.07, 6.45) is 2.38. The van der Waals surface area contributed by atoms with Crippen LogP contribution >= 0.6 is 0 Å². The summed E-state index contributed by atoms with van der Waals surface area (Å²) < 4.78 is 0. The number of nitrogens with zero attached hydrogens (tertiary/aromatic N) is 1. The average molecular weight is 203 g/mol. The third-order valence-electron chi connectivity index (χ3n) is 2.71. The van der Waals surface area contributed by atoms with Crippen molar-refractivity contribution in [2.75, 3.05) is 0 Å². The number of rotatable bonds is 2. The highest BCUT2D eigenvalue weighted by atomic mass is 15.3. The molecule has 2 rings (SSSR count). The molecule has 0 heterocycles.